The van der Waals surface area contributed by atoms with Gasteiger partial charge in [-0.1, -0.05) is 0 Å². The van der Waals surface area contributed by atoms with Gasteiger partial charge in [0.15, 0.2) is 0 Å². The van der Waals surface area contributed by atoms with Gasteiger partial charge < -0.3 is 11.1 Å². The number of carbonyl (C=O) groups excluding carboxylic acids is 1. The molecule has 5 fully saturated rings. The van der Waals surface area contributed by atoms with Crippen molar-refractivity contribution in [2.45, 2.75) is 57.4 Å². The number of hydrogen-bond acceptors (Lipinski definition) is 2. The third-order valence-electron chi connectivity index (χ3n) is 6.34. The third-order valence-corrected chi connectivity index (χ3v) is 6.34. The summed E-state index contributed by atoms with van der Waals surface area (Å²) in [7, 11) is 0. The van der Waals surface area contributed by atoms with Crippen LogP contribution < -0.4 is 11.1 Å². The number of amides is 1. The second-order valence-corrected chi connectivity index (χ2v) is 7.87. The van der Waals surface area contributed by atoms with E-state index >= 15 is 0 Å². The summed E-state index contributed by atoms with van der Waals surface area (Å²) in [6, 6.07) is 0.442. The van der Waals surface area contributed by atoms with Crippen molar-refractivity contribution >= 4 is 5.91 Å². The molecule has 3 nitrogen and oxygen atoms in total. The zero-order valence-electron chi connectivity index (χ0n) is 11.7. The van der Waals surface area contributed by atoms with E-state index in [1.54, 1.807) is 0 Å². The highest BCUT2D eigenvalue weighted by Crippen LogP contribution is 2.63. The Morgan fingerprint density at radius 1 is 1.11 bits per heavy atom. The zero-order chi connectivity index (χ0) is 13.0. The van der Waals surface area contributed by atoms with Gasteiger partial charge in [0.1, 0.15) is 0 Å². The van der Waals surface area contributed by atoms with E-state index < -0.39 is 0 Å². The number of hydrogen-bond donors (Lipinski definition) is 2. The Labute approximate surface area is 115 Å². The van der Waals surface area contributed by atoms with Gasteiger partial charge in [0.2, 0.25) is 5.91 Å². The maximum atomic E-state index is 11.8. The number of rotatable bonds is 4. The summed E-state index contributed by atoms with van der Waals surface area (Å²) in [6.07, 6.45) is 11.2. The first-order valence-electron chi connectivity index (χ1n) is 8.18. The predicted molar refractivity (Wildman–Crippen MR) is 74.3 cm³/mol. The molecule has 1 unspecified atom stereocenters. The summed E-state index contributed by atoms with van der Waals surface area (Å²) in [6.45, 7) is 0.148. The Bertz CT molecular complexity index is 353. The minimum atomic E-state index is 0.0626. The van der Waals surface area contributed by atoms with Gasteiger partial charge in [0.05, 0.1) is 6.54 Å². The van der Waals surface area contributed by atoms with E-state index in [9.17, 15) is 4.79 Å². The van der Waals surface area contributed by atoms with E-state index in [-0.39, 0.29) is 12.5 Å². The molecule has 5 aliphatic carbocycles. The van der Waals surface area contributed by atoms with Crippen LogP contribution >= 0.6 is 0 Å². The first kappa shape index (κ1) is 12.2. The minimum Gasteiger partial charge on any atom is -0.351 e. The highest BCUT2D eigenvalue weighted by molar-refractivity contribution is 5.78. The highest BCUT2D eigenvalue weighted by atomic mass is 16.1. The summed E-state index contributed by atoms with van der Waals surface area (Å²) in [5.41, 5.74) is 5.97. The number of nitrogens with one attached hydrogen (secondary N) is 1. The lowest BCUT2D eigenvalue weighted by molar-refractivity contribution is -0.125. The molecule has 4 bridgehead atoms. The molecular formula is C16H26N2O. The van der Waals surface area contributed by atoms with Gasteiger partial charge in [-0.05, 0) is 80.5 Å². The fourth-order valence-corrected chi connectivity index (χ4v) is 5.99. The van der Waals surface area contributed by atoms with Crippen LogP contribution in [0.2, 0.25) is 0 Å². The molecule has 0 aliphatic heterocycles. The van der Waals surface area contributed by atoms with E-state index in [2.05, 4.69) is 5.32 Å². The fraction of sp³-hybridized carbons (Fsp3) is 0.938. The Balaban J connectivity index is 1.59. The lowest BCUT2D eigenvalue weighted by Crippen LogP contribution is -2.58. The van der Waals surface area contributed by atoms with Crippen LogP contribution in [0.1, 0.15) is 51.4 Å². The summed E-state index contributed by atoms with van der Waals surface area (Å²) < 4.78 is 0. The van der Waals surface area contributed by atoms with Crippen LogP contribution in [0, 0.1) is 29.1 Å². The molecule has 0 spiro atoms. The molecule has 0 saturated heterocycles. The molecule has 0 aromatic carbocycles. The molecule has 0 aromatic rings. The zero-order valence-corrected chi connectivity index (χ0v) is 11.7. The van der Waals surface area contributed by atoms with Crippen molar-refractivity contribution in [3.05, 3.63) is 0 Å². The van der Waals surface area contributed by atoms with Crippen LogP contribution in [-0.4, -0.2) is 18.5 Å². The lowest BCUT2D eigenvalue weighted by Gasteiger charge is -2.59. The Morgan fingerprint density at radius 3 is 2.05 bits per heavy atom. The van der Waals surface area contributed by atoms with Crippen LogP contribution in [0.5, 0.6) is 0 Å². The molecule has 5 aliphatic rings. The molecule has 5 rings (SSSR count). The Morgan fingerprint density at radius 2 is 1.63 bits per heavy atom. The van der Waals surface area contributed by atoms with Gasteiger partial charge in [-0.15, -0.1) is 0 Å². The molecule has 106 valence electrons. The van der Waals surface area contributed by atoms with E-state index in [1.807, 2.05) is 0 Å². The van der Waals surface area contributed by atoms with E-state index in [0.717, 1.165) is 23.7 Å². The molecule has 5 saturated carbocycles. The Kier molecular flexibility index (Phi) is 2.70. The average Bonchev–Trinajstić information content (AvgIpc) is 3.17. The largest absolute Gasteiger partial charge is 0.351 e. The molecule has 0 aromatic heterocycles. The minimum absolute atomic E-state index is 0.0626. The van der Waals surface area contributed by atoms with Gasteiger partial charge in [0.25, 0.3) is 0 Å². The standard InChI is InChI=1S/C16H26N2O/c17-9-14(19)18-15(13-1-2-13)16-6-10-3-11(7-16)5-12(4-10)8-16/h10-13,15H,1-9,17H2,(H,18,19). The second-order valence-electron chi connectivity index (χ2n) is 7.87. The Hall–Kier alpha value is -0.570. The summed E-state index contributed by atoms with van der Waals surface area (Å²) in [5.74, 6) is 3.70. The maximum absolute atomic E-state index is 11.8. The molecule has 0 heterocycles. The van der Waals surface area contributed by atoms with Crippen LogP contribution in [0.25, 0.3) is 0 Å². The number of carbonyl (C=O) groups is 1. The van der Waals surface area contributed by atoms with Crippen molar-refractivity contribution in [2.75, 3.05) is 6.54 Å². The van der Waals surface area contributed by atoms with Crippen molar-refractivity contribution < 1.29 is 4.79 Å². The van der Waals surface area contributed by atoms with E-state index in [0.29, 0.717) is 11.5 Å². The fourth-order valence-electron chi connectivity index (χ4n) is 5.99. The van der Waals surface area contributed by atoms with Crippen molar-refractivity contribution in [2.24, 2.45) is 34.8 Å². The summed E-state index contributed by atoms with van der Waals surface area (Å²) in [4.78, 5) is 11.8. The first-order valence-corrected chi connectivity index (χ1v) is 8.18. The summed E-state index contributed by atoms with van der Waals surface area (Å²) in [5, 5.41) is 3.32. The monoisotopic (exact) mass is 262 g/mol. The van der Waals surface area contributed by atoms with Crippen molar-refractivity contribution in [3.63, 3.8) is 0 Å². The van der Waals surface area contributed by atoms with E-state index in [1.165, 1.54) is 51.4 Å². The van der Waals surface area contributed by atoms with E-state index in [4.69, 9.17) is 5.73 Å². The van der Waals surface area contributed by atoms with Crippen LogP contribution in [0.4, 0.5) is 0 Å². The van der Waals surface area contributed by atoms with Gasteiger partial charge in [-0.2, -0.15) is 0 Å². The molecule has 19 heavy (non-hydrogen) atoms. The highest BCUT2D eigenvalue weighted by Gasteiger charge is 2.57. The van der Waals surface area contributed by atoms with Gasteiger partial charge in [-0.25, -0.2) is 0 Å². The van der Waals surface area contributed by atoms with Crippen LogP contribution in [0.15, 0.2) is 0 Å². The molecule has 1 atom stereocenters. The topological polar surface area (TPSA) is 55.1 Å². The molecule has 0 radical (unpaired) electrons. The van der Waals surface area contributed by atoms with Crippen molar-refractivity contribution in [1.82, 2.24) is 5.32 Å². The molecular weight excluding hydrogens is 236 g/mol. The van der Waals surface area contributed by atoms with Gasteiger partial charge in [-0.3, -0.25) is 4.79 Å². The third kappa shape index (κ3) is 2.01. The quantitative estimate of drug-likeness (QED) is 0.815. The van der Waals surface area contributed by atoms with Gasteiger partial charge in [0, 0.05) is 6.04 Å². The van der Waals surface area contributed by atoms with Crippen LogP contribution in [0.3, 0.4) is 0 Å². The smallest absolute Gasteiger partial charge is 0.233 e. The van der Waals surface area contributed by atoms with Crippen LogP contribution in [-0.2, 0) is 4.79 Å². The lowest BCUT2D eigenvalue weighted by atomic mass is 9.47. The maximum Gasteiger partial charge on any atom is 0.233 e. The van der Waals surface area contributed by atoms with Crippen molar-refractivity contribution in [3.8, 4) is 0 Å². The molecule has 3 N–H and O–H groups in total. The first-order chi connectivity index (χ1) is 9.18. The normalized spacial score (nSPS) is 45.2. The number of nitrogens with two attached hydrogens (primary N) is 1. The average molecular weight is 262 g/mol. The molecule has 1 amide bonds. The molecule has 3 heteroatoms. The van der Waals surface area contributed by atoms with Gasteiger partial charge >= 0.3 is 0 Å². The second kappa shape index (κ2) is 4.21. The predicted octanol–water partition coefficient (Wildman–Crippen LogP) is 2.06. The summed E-state index contributed by atoms with van der Waals surface area (Å²) >= 11 is 0. The van der Waals surface area contributed by atoms with Crippen molar-refractivity contribution in [1.29, 1.82) is 0 Å². The SMILES string of the molecule is NCC(=O)NC(C1CC1)C12CC3CC(CC(C3)C1)C2.